The lowest BCUT2D eigenvalue weighted by atomic mass is 9.82. The van der Waals surface area contributed by atoms with Gasteiger partial charge in [-0.2, -0.15) is 5.26 Å². The van der Waals surface area contributed by atoms with Crippen LogP contribution in [-0.4, -0.2) is 43.2 Å². The smallest absolute Gasteiger partial charge is 0.178 e. The van der Waals surface area contributed by atoms with Gasteiger partial charge in [0.15, 0.2) is 15.6 Å². The van der Waals surface area contributed by atoms with Crippen LogP contribution >= 0.6 is 11.6 Å². The quantitative estimate of drug-likeness (QED) is 0.387. The fourth-order valence-electron chi connectivity index (χ4n) is 3.77. The Labute approximate surface area is 185 Å². The molecule has 0 aromatic heterocycles. The van der Waals surface area contributed by atoms with Crippen molar-refractivity contribution in [2.75, 3.05) is 5.75 Å². The molecule has 31 heavy (non-hydrogen) atoms. The molecule has 0 bridgehead atoms. The molecule has 8 nitrogen and oxygen atoms in total. The first-order valence-electron chi connectivity index (χ1n) is 9.82. The molecule has 1 aromatic carbocycles. The summed E-state index contributed by atoms with van der Waals surface area (Å²) in [4.78, 5) is 29.0. The number of Topliss-reactive ketones (excluding diaryl/α,β-unsaturated/α-hetero) is 1. The maximum atomic E-state index is 12.7. The highest BCUT2D eigenvalue weighted by molar-refractivity contribution is 7.91. The van der Waals surface area contributed by atoms with Crippen LogP contribution in [0.5, 0.6) is 0 Å². The van der Waals surface area contributed by atoms with E-state index in [1.165, 1.54) is 19.1 Å². The van der Waals surface area contributed by atoms with Crippen LogP contribution in [0.2, 0.25) is 5.02 Å². The summed E-state index contributed by atoms with van der Waals surface area (Å²) in [5.41, 5.74) is 0.320. The fraction of sp³-hybridized carbons (Fsp3) is 0.429. The van der Waals surface area contributed by atoms with Gasteiger partial charge in [0.05, 0.1) is 33.9 Å². The molecule has 1 aliphatic heterocycles. The third-order valence-electron chi connectivity index (χ3n) is 5.42. The van der Waals surface area contributed by atoms with Crippen LogP contribution in [0, 0.1) is 17.2 Å². The molecule has 1 N–H and O–H groups in total. The lowest BCUT2D eigenvalue weighted by Crippen LogP contribution is -2.22. The van der Waals surface area contributed by atoms with Crippen LogP contribution in [0.25, 0.3) is 5.76 Å². The average molecular weight is 465 g/mol. The summed E-state index contributed by atoms with van der Waals surface area (Å²) < 4.78 is 25.4. The van der Waals surface area contributed by atoms with Crippen molar-refractivity contribution >= 4 is 45.0 Å². The van der Waals surface area contributed by atoms with Crippen molar-refractivity contribution in [3.8, 4) is 6.07 Å². The van der Waals surface area contributed by atoms with E-state index >= 15 is 0 Å². The molecule has 2 atom stereocenters. The number of aldehydes is 1. The molecule has 2 unspecified atom stereocenters. The summed E-state index contributed by atoms with van der Waals surface area (Å²) >= 11 is 6.57. The van der Waals surface area contributed by atoms with E-state index in [0.717, 1.165) is 0 Å². The second-order valence-corrected chi connectivity index (χ2v) is 9.98. The first kappa shape index (κ1) is 23.0. The number of nitrogens with zero attached hydrogens (tertiary/aromatic N) is 2. The Kier molecular flexibility index (Phi) is 6.82. The monoisotopic (exact) mass is 464 g/mol. The Morgan fingerprint density at radius 3 is 2.84 bits per heavy atom. The van der Waals surface area contributed by atoms with E-state index in [1.807, 2.05) is 6.07 Å². The van der Waals surface area contributed by atoms with Crippen LogP contribution in [0.15, 0.2) is 27.8 Å². The van der Waals surface area contributed by atoms with Crippen molar-refractivity contribution in [3.05, 3.63) is 33.9 Å². The number of halogens is 1. The van der Waals surface area contributed by atoms with Crippen molar-refractivity contribution < 1.29 is 28.0 Å². The summed E-state index contributed by atoms with van der Waals surface area (Å²) in [6.07, 6.45) is 1.48. The Hall–Kier alpha value is -2.70. The molecule has 164 valence electrons. The minimum absolute atomic E-state index is 0.0211. The van der Waals surface area contributed by atoms with E-state index in [9.17, 15) is 23.1 Å². The van der Waals surface area contributed by atoms with E-state index in [0.29, 0.717) is 19.1 Å². The summed E-state index contributed by atoms with van der Waals surface area (Å²) in [6.45, 7) is 1.49. The average Bonchev–Trinajstić information content (AvgIpc) is 3.21. The third-order valence-corrected chi connectivity index (χ3v) is 7.59. The molecular formula is C21H21ClN2O6S. The van der Waals surface area contributed by atoms with Gasteiger partial charge < -0.3 is 14.7 Å². The molecule has 1 fully saturated rings. The van der Waals surface area contributed by atoms with E-state index in [1.54, 1.807) is 0 Å². The highest BCUT2D eigenvalue weighted by Crippen LogP contribution is 2.38. The van der Waals surface area contributed by atoms with Gasteiger partial charge in [0.25, 0.3) is 0 Å². The summed E-state index contributed by atoms with van der Waals surface area (Å²) in [7, 11) is -3.72. The highest BCUT2D eigenvalue weighted by Gasteiger charge is 2.33. The zero-order valence-electron chi connectivity index (χ0n) is 16.8. The van der Waals surface area contributed by atoms with Crippen LogP contribution in [0.1, 0.15) is 50.2 Å². The van der Waals surface area contributed by atoms with E-state index in [4.69, 9.17) is 21.7 Å². The van der Waals surface area contributed by atoms with Gasteiger partial charge in [0.1, 0.15) is 18.1 Å². The van der Waals surface area contributed by atoms with Crippen molar-refractivity contribution in [1.82, 2.24) is 0 Å². The van der Waals surface area contributed by atoms with Gasteiger partial charge in [0, 0.05) is 35.5 Å². The molecule has 0 amide bonds. The van der Waals surface area contributed by atoms with Crippen molar-refractivity contribution in [1.29, 1.82) is 5.26 Å². The Bertz CT molecular complexity index is 1130. The minimum atomic E-state index is -3.72. The predicted octanol–water partition coefficient (Wildman–Crippen LogP) is 3.38. The molecule has 0 radical (unpaired) electrons. The van der Waals surface area contributed by atoms with Crippen LogP contribution in [0.4, 0.5) is 0 Å². The van der Waals surface area contributed by atoms with Crippen molar-refractivity contribution in [3.63, 3.8) is 0 Å². The van der Waals surface area contributed by atoms with E-state index in [2.05, 4.69) is 5.16 Å². The number of hydrogen-bond acceptors (Lipinski definition) is 8. The Balaban J connectivity index is 2.21. The number of benzene rings is 1. The van der Waals surface area contributed by atoms with Gasteiger partial charge in [-0.15, -0.1) is 0 Å². The number of hydrogen-bond donors (Lipinski definition) is 1. The van der Waals surface area contributed by atoms with Gasteiger partial charge in [-0.1, -0.05) is 23.7 Å². The molecule has 1 aliphatic carbocycles. The first-order chi connectivity index (χ1) is 14.7. The Morgan fingerprint density at radius 1 is 1.45 bits per heavy atom. The van der Waals surface area contributed by atoms with Crippen molar-refractivity contribution in [2.24, 2.45) is 11.1 Å². The lowest BCUT2D eigenvalue weighted by Gasteiger charge is -2.22. The van der Waals surface area contributed by atoms with Gasteiger partial charge in [0.2, 0.25) is 0 Å². The topological polar surface area (TPSA) is 134 Å². The fourth-order valence-corrected chi connectivity index (χ4v) is 5.31. The largest absolute Gasteiger partial charge is 0.507 e. The van der Waals surface area contributed by atoms with Gasteiger partial charge in [-0.05, 0) is 25.0 Å². The number of sulfone groups is 1. The highest BCUT2D eigenvalue weighted by atomic mass is 35.5. The molecule has 3 rings (SSSR count). The molecule has 10 heteroatoms. The van der Waals surface area contributed by atoms with Gasteiger partial charge in [-0.3, -0.25) is 4.79 Å². The maximum absolute atomic E-state index is 12.7. The zero-order valence-corrected chi connectivity index (χ0v) is 18.4. The number of aliphatic hydroxyl groups is 1. The zero-order chi connectivity index (χ0) is 22.8. The minimum Gasteiger partial charge on any atom is -0.507 e. The number of ketones is 1. The second kappa shape index (κ2) is 9.20. The number of oxime groups is 1. The summed E-state index contributed by atoms with van der Waals surface area (Å²) in [5, 5.41) is 23.6. The molecule has 0 spiro atoms. The standard InChI is InChI=1S/C21H21ClN2O6S/c1-2-31(28,29)17-7-6-14(21(27)18-12(11-25)4-3-5-16(18)26)20(22)19(17)15-10-13(8-9-23)30-24-15/h6-7,11-13,27H,2-5,8,10H2,1H3. The normalized spacial score (nSPS) is 23.0. The predicted molar refractivity (Wildman–Crippen MR) is 113 cm³/mol. The molecule has 1 aromatic rings. The number of allylic oxidation sites excluding steroid dienone is 1. The van der Waals surface area contributed by atoms with Crippen molar-refractivity contribution in [2.45, 2.75) is 50.0 Å². The van der Waals surface area contributed by atoms with E-state index < -0.39 is 27.6 Å². The molecule has 1 saturated carbocycles. The van der Waals surface area contributed by atoms with E-state index in [-0.39, 0.29) is 63.1 Å². The van der Waals surface area contributed by atoms with Crippen LogP contribution in [0.3, 0.4) is 0 Å². The van der Waals surface area contributed by atoms with Crippen LogP contribution < -0.4 is 0 Å². The number of carbonyl (C=O) groups is 2. The third kappa shape index (κ3) is 4.36. The molecule has 1 heterocycles. The van der Waals surface area contributed by atoms with Gasteiger partial charge >= 0.3 is 0 Å². The number of aliphatic hydroxyl groups excluding tert-OH is 1. The number of nitriles is 1. The molecular weight excluding hydrogens is 444 g/mol. The summed E-state index contributed by atoms with van der Waals surface area (Å²) in [6, 6.07) is 4.60. The first-order valence-corrected chi connectivity index (χ1v) is 11.8. The maximum Gasteiger partial charge on any atom is 0.178 e. The second-order valence-electron chi connectivity index (χ2n) is 7.36. The summed E-state index contributed by atoms with van der Waals surface area (Å²) in [5.74, 6) is -1.74. The lowest BCUT2D eigenvalue weighted by molar-refractivity contribution is -0.120. The molecule has 2 aliphatic rings. The Morgan fingerprint density at radius 2 is 2.19 bits per heavy atom. The van der Waals surface area contributed by atoms with Crippen LogP contribution in [-0.2, 0) is 24.3 Å². The van der Waals surface area contributed by atoms with Gasteiger partial charge in [-0.25, -0.2) is 8.42 Å². The number of rotatable bonds is 6. The number of carbonyl (C=O) groups excluding carboxylic acids is 2. The SMILES string of the molecule is CCS(=O)(=O)c1ccc(C(O)=C2C(=O)CCCC2C=O)c(Cl)c1C1=NOC(CC#N)C1. The molecule has 0 saturated heterocycles.